The summed E-state index contributed by atoms with van der Waals surface area (Å²) < 4.78 is 0. The van der Waals surface area contributed by atoms with Gasteiger partial charge in [-0.2, -0.15) is 0 Å². The molecule has 0 heterocycles. The molecule has 56 valence electrons. The maximum atomic E-state index is 8.33. The molecule has 0 amide bonds. The van der Waals surface area contributed by atoms with Crippen molar-refractivity contribution in [1.29, 1.82) is 0 Å². The molecule has 0 aromatic carbocycles. The zero-order valence-corrected chi connectivity index (χ0v) is 5.57. The number of nitrogens with zero attached hydrogens (tertiary/aromatic N) is 2. The Balaban J connectivity index is -0.0000000600. The highest BCUT2D eigenvalue weighted by Crippen LogP contribution is 1.56. The van der Waals surface area contributed by atoms with E-state index in [1.165, 1.54) is 6.42 Å². The molecule has 0 fully saturated rings. The smallest absolute Gasteiger partial charge is 0.0468 e. The van der Waals surface area contributed by atoms with Crippen molar-refractivity contribution in [3.8, 4) is 0 Å². The highest BCUT2D eigenvalue weighted by Gasteiger charge is 1.35. The number of hydrogen-bond donors (Lipinski definition) is 2. The molecule has 4 N–H and O–H groups in total. The van der Waals surface area contributed by atoms with Gasteiger partial charge in [-0.15, -0.1) is 9.81 Å². The van der Waals surface area contributed by atoms with E-state index in [0.717, 1.165) is 0 Å². The van der Waals surface area contributed by atoms with E-state index in [-0.39, 0.29) is 0 Å². The summed E-state index contributed by atoms with van der Waals surface area (Å²) in [6, 6.07) is 0. The zero-order chi connectivity index (χ0) is 8.12. The third-order valence-electron chi connectivity index (χ3n) is 0. The van der Waals surface area contributed by atoms with Crippen molar-refractivity contribution in [1.82, 2.24) is 0 Å². The van der Waals surface area contributed by atoms with Crippen LogP contribution in [-0.2, 0) is 0 Å². The van der Waals surface area contributed by atoms with Crippen LogP contribution in [0.4, 0.5) is 0 Å². The van der Waals surface area contributed by atoms with E-state index in [1.54, 1.807) is 10.6 Å². The lowest BCUT2D eigenvalue weighted by Crippen LogP contribution is -1.66. The van der Waals surface area contributed by atoms with Gasteiger partial charge in [0.2, 0.25) is 0 Å². The van der Waals surface area contributed by atoms with E-state index in [0.29, 0.717) is 0 Å². The summed E-state index contributed by atoms with van der Waals surface area (Å²) in [7, 11) is 0. The molecule has 0 spiro atoms. The van der Waals surface area contributed by atoms with E-state index in [1.807, 2.05) is 0 Å². The van der Waals surface area contributed by atoms with Crippen LogP contribution < -0.4 is 11.7 Å². The Morgan fingerprint density at radius 3 is 1.11 bits per heavy atom. The van der Waals surface area contributed by atoms with Crippen LogP contribution in [0.25, 0.3) is 0 Å². The Morgan fingerprint density at radius 1 is 1.11 bits per heavy atom. The van der Waals surface area contributed by atoms with Gasteiger partial charge in [-0.3, -0.25) is 11.7 Å². The average molecular weight is 136 g/mol. The van der Waals surface area contributed by atoms with Gasteiger partial charge < -0.3 is 0 Å². The van der Waals surface area contributed by atoms with Crippen LogP contribution in [-0.4, -0.2) is 0 Å². The van der Waals surface area contributed by atoms with Crippen LogP contribution in [0.3, 0.4) is 0 Å². The number of hydrogen-bond acceptors (Lipinski definition) is 4. The summed E-state index contributed by atoms with van der Waals surface area (Å²) >= 11 is 0. The minimum absolute atomic E-state index is 1.25. The quantitative estimate of drug-likeness (QED) is 0.289. The van der Waals surface area contributed by atoms with Crippen LogP contribution in [0.2, 0.25) is 0 Å². The molecule has 0 saturated heterocycles. The van der Waals surface area contributed by atoms with Gasteiger partial charge in [0.25, 0.3) is 0 Å². The topological polar surface area (TPSA) is 111 Å². The van der Waals surface area contributed by atoms with E-state index in [4.69, 9.17) is 9.81 Å². The van der Waals surface area contributed by atoms with E-state index < -0.39 is 0 Å². The molecule has 0 unspecified atom stereocenters. The minimum Gasteiger partial charge on any atom is -0.287 e. The van der Waals surface area contributed by atoms with Gasteiger partial charge in [-0.1, -0.05) is 20.3 Å². The molecule has 0 radical (unpaired) electrons. The van der Waals surface area contributed by atoms with Crippen LogP contribution >= 0.6 is 0 Å². The molecule has 0 aliphatic carbocycles. The van der Waals surface area contributed by atoms with Crippen LogP contribution in [0.15, 0.2) is 10.6 Å². The fraction of sp³-hybridized carbons (Fsp3) is 1.00. The van der Waals surface area contributed by atoms with Gasteiger partial charge in [-0.25, -0.2) is 0 Å². The first-order valence-electron chi connectivity index (χ1n) is 2.30. The van der Waals surface area contributed by atoms with Crippen molar-refractivity contribution < 1.29 is 0 Å². The number of nitroso groups, excluding NO2 is 2. The second kappa shape index (κ2) is 70.6. The fourth-order valence-corrected chi connectivity index (χ4v) is 0. The van der Waals surface area contributed by atoms with Crippen LogP contribution in [0.1, 0.15) is 20.3 Å². The normalized spacial score (nSPS) is 4.67. The van der Waals surface area contributed by atoms with Gasteiger partial charge in [0.05, 0.1) is 0 Å². The summed E-state index contributed by atoms with van der Waals surface area (Å²) in [5, 5.41) is 3.50. The molecule has 6 nitrogen and oxygen atoms in total. The molecule has 6 heteroatoms. The third kappa shape index (κ3) is 109. The van der Waals surface area contributed by atoms with Crippen molar-refractivity contribution in [3.63, 3.8) is 0 Å². The van der Waals surface area contributed by atoms with Crippen molar-refractivity contribution in [3.05, 3.63) is 9.81 Å². The Kier molecular flexibility index (Phi) is 123. The van der Waals surface area contributed by atoms with E-state index in [2.05, 4.69) is 25.5 Å². The molecule has 0 aromatic rings. The molecule has 9 heavy (non-hydrogen) atoms. The SMILES string of the molecule is CCC.NN=O.NN=O. The molecule has 0 rings (SSSR count). The Hall–Kier alpha value is -1.20. The van der Waals surface area contributed by atoms with Gasteiger partial charge in [0, 0.05) is 10.6 Å². The first-order chi connectivity index (χ1) is 4.24. The molecule has 0 aliphatic heterocycles. The maximum Gasteiger partial charge on any atom is 0.0468 e. The summed E-state index contributed by atoms with van der Waals surface area (Å²) in [6.07, 6.45) is 1.25. The van der Waals surface area contributed by atoms with Gasteiger partial charge >= 0.3 is 0 Å². The second-order valence-corrected chi connectivity index (χ2v) is 0.918. The summed E-state index contributed by atoms with van der Waals surface area (Å²) in [6.45, 7) is 4.25. The largest absolute Gasteiger partial charge is 0.287 e. The van der Waals surface area contributed by atoms with Crippen molar-refractivity contribution in [2.24, 2.45) is 22.3 Å². The van der Waals surface area contributed by atoms with Gasteiger partial charge in [0.15, 0.2) is 0 Å². The standard InChI is InChI=1S/C3H8.2H2N2O/c1-3-2;2*1-2-3/h3H2,1-2H3;2*(H2,1,3). The molecule has 0 atom stereocenters. The van der Waals surface area contributed by atoms with Crippen molar-refractivity contribution >= 4 is 0 Å². The summed E-state index contributed by atoms with van der Waals surface area (Å²) in [4.78, 5) is 16.7. The lowest BCUT2D eigenvalue weighted by Gasteiger charge is -1.48. The van der Waals surface area contributed by atoms with Crippen LogP contribution in [0, 0.1) is 9.81 Å². The Labute approximate surface area is 53.5 Å². The second-order valence-electron chi connectivity index (χ2n) is 0.918. The lowest BCUT2D eigenvalue weighted by atomic mass is 10.6. The molecular formula is C3H12N4O2. The van der Waals surface area contributed by atoms with Crippen LogP contribution in [0.5, 0.6) is 0 Å². The van der Waals surface area contributed by atoms with Gasteiger partial charge in [-0.05, 0) is 0 Å². The Bertz CT molecular complexity index is 43.1. The highest BCUT2D eigenvalue weighted by molar-refractivity contribution is 3.93. The van der Waals surface area contributed by atoms with Crippen molar-refractivity contribution in [2.75, 3.05) is 0 Å². The number of nitrogens with two attached hydrogens (primary N) is 2. The molecule has 0 saturated carbocycles. The monoisotopic (exact) mass is 136 g/mol. The third-order valence-corrected chi connectivity index (χ3v) is 0. The lowest BCUT2D eigenvalue weighted by molar-refractivity contribution is 1.09. The zero-order valence-electron chi connectivity index (χ0n) is 5.57. The maximum absolute atomic E-state index is 8.33. The predicted molar refractivity (Wildman–Crippen MR) is 35.9 cm³/mol. The molecular weight excluding hydrogens is 124 g/mol. The first kappa shape index (κ1) is 15.7. The molecule has 0 bridgehead atoms. The average Bonchev–Trinajstić information content (AvgIpc) is 1.70. The predicted octanol–water partition coefficient (Wildman–Crippen LogP) is 0.669. The highest BCUT2D eigenvalue weighted by atomic mass is 16.3. The Morgan fingerprint density at radius 2 is 1.11 bits per heavy atom. The van der Waals surface area contributed by atoms with Gasteiger partial charge in [0.1, 0.15) is 0 Å². The van der Waals surface area contributed by atoms with E-state index in [9.17, 15) is 0 Å². The van der Waals surface area contributed by atoms with Crippen molar-refractivity contribution in [2.45, 2.75) is 20.3 Å². The first-order valence-corrected chi connectivity index (χ1v) is 2.30. The summed E-state index contributed by atoms with van der Waals surface area (Å²) in [5.74, 6) is 7.83. The fourth-order valence-electron chi connectivity index (χ4n) is 0. The number of rotatable bonds is 0. The molecule has 0 aromatic heterocycles. The minimum atomic E-state index is 1.25. The summed E-state index contributed by atoms with van der Waals surface area (Å²) in [5.41, 5.74) is 0. The van der Waals surface area contributed by atoms with E-state index >= 15 is 0 Å². The molecule has 0 aliphatic rings.